The Morgan fingerprint density at radius 2 is 1.65 bits per heavy atom. The highest BCUT2D eigenvalue weighted by Gasteiger charge is 2.32. The first-order chi connectivity index (χ1) is 16.0. The molecule has 186 valence electrons. The summed E-state index contributed by atoms with van der Waals surface area (Å²) in [6, 6.07) is 10.5. The van der Waals surface area contributed by atoms with Crippen LogP contribution in [-0.4, -0.2) is 57.6 Å². The Morgan fingerprint density at radius 3 is 2.12 bits per heavy atom. The lowest BCUT2D eigenvalue weighted by molar-refractivity contribution is -0.140. The van der Waals surface area contributed by atoms with Gasteiger partial charge in [0.25, 0.3) is 0 Å². The fourth-order valence-corrected chi connectivity index (χ4v) is 4.80. The van der Waals surface area contributed by atoms with Crippen molar-refractivity contribution in [3.63, 3.8) is 0 Å². The van der Waals surface area contributed by atoms with Crippen molar-refractivity contribution in [2.24, 2.45) is 0 Å². The van der Waals surface area contributed by atoms with Gasteiger partial charge < -0.3 is 15.0 Å². The maximum absolute atomic E-state index is 13.5. The van der Waals surface area contributed by atoms with Crippen LogP contribution >= 0.6 is 23.2 Å². The Kier molecular flexibility index (Phi) is 10.0. The van der Waals surface area contributed by atoms with Crippen molar-refractivity contribution in [3.8, 4) is 5.75 Å². The molecular formula is C23H29Cl2N3O5S. The zero-order valence-corrected chi connectivity index (χ0v) is 21.9. The van der Waals surface area contributed by atoms with Crippen LogP contribution in [0.2, 0.25) is 10.0 Å². The summed E-state index contributed by atoms with van der Waals surface area (Å²) in [5, 5.41) is 3.23. The highest BCUT2D eigenvalue weighted by molar-refractivity contribution is 7.92. The molecule has 11 heteroatoms. The number of benzene rings is 2. The van der Waals surface area contributed by atoms with Crippen molar-refractivity contribution in [2.75, 3.05) is 30.8 Å². The minimum atomic E-state index is -3.83. The van der Waals surface area contributed by atoms with E-state index in [0.29, 0.717) is 40.1 Å². The van der Waals surface area contributed by atoms with Crippen molar-refractivity contribution < 1.29 is 22.7 Å². The molecule has 0 aliphatic carbocycles. The molecule has 2 aromatic carbocycles. The fraction of sp³-hybridized carbons (Fsp3) is 0.391. The summed E-state index contributed by atoms with van der Waals surface area (Å²) in [5.74, 6) is -0.386. The number of anilines is 1. The van der Waals surface area contributed by atoms with E-state index < -0.39 is 28.5 Å². The molecule has 0 radical (unpaired) electrons. The molecule has 0 aliphatic rings. The van der Waals surface area contributed by atoms with E-state index >= 15 is 0 Å². The molecule has 2 rings (SSSR count). The topological polar surface area (TPSA) is 96.0 Å². The third-order valence-electron chi connectivity index (χ3n) is 5.14. The second kappa shape index (κ2) is 12.3. The molecule has 0 saturated heterocycles. The summed E-state index contributed by atoms with van der Waals surface area (Å²) >= 11 is 12.6. The predicted molar refractivity (Wildman–Crippen MR) is 135 cm³/mol. The molecule has 0 spiro atoms. The molecule has 34 heavy (non-hydrogen) atoms. The number of carbonyl (C=O) groups is 2. The van der Waals surface area contributed by atoms with E-state index in [2.05, 4.69) is 5.32 Å². The molecule has 2 amide bonds. The van der Waals surface area contributed by atoms with E-state index in [1.807, 2.05) is 6.92 Å². The van der Waals surface area contributed by atoms with Gasteiger partial charge in [-0.15, -0.1) is 0 Å². The second-order valence-corrected chi connectivity index (χ2v) is 10.2. The van der Waals surface area contributed by atoms with Crippen molar-refractivity contribution >= 4 is 50.7 Å². The Hall–Kier alpha value is -2.49. The van der Waals surface area contributed by atoms with Gasteiger partial charge in [0.2, 0.25) is 21.8 Å². The Bertz CT molecular complexity index is 1090. The smallest absolute Gasteiger partial charge is 0.244 e. The largest absolute Gasteiger partial charge is 0.494 e. The number of amides is 2. The first-order valence-corrected chi connectivity index (χ1v) is 13.3. The van der Waals surface area contributed by atoms with Crippen molar-refractivity contribution in [1.29, 1.82) is 0 Å². The summed E-state index contributed by atoms with van der Waals surface area (Å²) < 4.78 is 31.6. The van der Waals surface area contributed by atoms with E-state index in [0.717, 1.165) is 10.6 Å². The fourth-order valence-electron chi connectivity index (χ4n) is 3.43. The van der Waals surface area contributed by atoms with Crippen LogP contribution in [0.1, 0.15) is 25.8 Å². The Balaban J connectivity index is 2.45. The number of hydrogen-bond donors (Lipinski definition) is 1. The number of nitrogens with zero attached hydrogens (tertiary/aromatic N) is 2. The van der Waals surface area contributed by atoms with Gasteiger partial charge in [0.15, 0.2) is 0 Å². The van der Waals surface area contributed by atoms with E-state index in [9.17, 15) is 18.0 Å². The normalized spacial score (nSPS) is 12.1. The first kappa shape index (κ1) is 27.8. The highest BCUT2D eigenvalue weighted by atomic mass is 35.5. The van der Waals surface area contributed by atoms with Gasteiger partial charge in [-0.2, -0.15) is 0 Å². The number of hydrogen-bond acceptors (Lipinski definition) is 5. The lowest BCUT2D eigenvalue weighted by atomic mass is 10.1. The number of nitrogens with one attached hydrogen (secondary N) is 1. The van der Waals surface area contributed by atoms with E-state index in [1.54, 1.807) is 49.4 Å². The molecule has 8 nitrogen and oxygen atoms in total. The molecule has 0 saturated carbocycles. The number of carbonyl (C=O) groups excluding carboxylic acids is 2. The average molecular weight is 530 g/mol. The number of halogens is 2. The van der Waals surface area contributed by atoms with E-state index in [4.69, 9.17) is 27.9 Å². The maximum Gasteiger partial charge on any atom is 0.244 e. The van der Waals surface area contributed by atoms with Gasteiger partial charge in [0, 0.05) is 29.2 Å². The van der Waals surface area contributed by atoms with Crippen LogP contribution in [0.15, 0.2) is 42.5 Å². The molecule has 0 aromatic heterocycles. The minimum absolute atomic E-state index is 0.0653. The summed E-state index contributed by atoms with van der Waals surface area (Å²) in [6.07, 6.45) is 1.32. The van der Waals surface area contributed by atoms with E-state index in [1.165, 1.54) is 11.9 Å². The third kappa shape index (κ3) is 7.01. The summed E-state index contributed by atoms with van der Waals surface area (Å²) in [7, 11) is -2.36. The highest BCUT2D eigenvalue weighted by Crippen LogP contribution is 2.28. The second-order valence-electron chi connectivity index (χ2n) is 7.46. The molecule has 0 fully saturated rings. The van der Waals surface area contributed by atoms with Crippen LogP contribution in [0.5, 0.6) is 5.75 Å². The molecule has 0 aliphatic heterocycles. The summed E-state index contributed by atoms with van der Waals surface area (Å²) in [6.45, 7) is 3.48. The van der Waals surface area contributed by atoms with Gasteiger partial charge in [0.05, 0.1) is 18.6 Å². The lowest BCUT2D eigenvalue weighted by Gasteiger charge is -2.33. The van der Waals surface area contributed by atoms with Gasteiger partial charge in [-0.3, -0.25) is 13.9 Å². The van der Waals surface area contributed by atoms with Crippen LogP contribution in [0, 0.1) is 0 Å². The van der Waals surface area contributed by atoms with Crippen LogP contribution < -0.4 is 14.4 Å². The number of sulfonamides is 1. The van der Waals surface area contributed by atoms with Crippen molar-refractivity contribution in [2.45, 2.75) is 32.9 Å². The number of likely N-dealkylation sites (N-methyl/N-ethyl adjacent to an activating group) is 1. The summed E-state index contributed by atoms with van der Waals surface area (Å²) in [4.78, 5) is 27.4. The molecule has 0 heterocycles. The van der Waals surface area contributed by atoms with Crippen molar-refractivity contribution in [1.82, 2.24) is 10.2 Å². The van der Waals surface area contributed by atoms with E-state index in [-0.39, 0.29) is 12.5 Å². The quantitative estimate of drug-likeness (QED) is 0.478. The first-order valence-electron chi connectivity index (χ1n) is 10.7. The SMILES string of the molecule is CCOc1ccc(N(CC(=O)N(Cc2c(Cl)cccc2Cl)[C@@H](CC)C(=O)NC)S(C)(=O)=O)cc1. The standard InChI is InChI=1S/C23H29Cl2N3O5S/c1-5-21(23(30)26-3)27(14-18-19(24)8-7-9-20(18)25)22(29)15-28(34(4,31)32)16-10-12-17(13-11-16)33-6-2/h7-13,21H,5-6,14-15H2,1-4H3,(H,26,30)/t21-/m0/s1. The van der Waals surface area contributed by atoms with Gasteiger partial charge in [0.1, 0.15) is 18.3 Å². The monoisotopic (exact) mass is 529 g/mol. The maximum atomic E-state index is 13.5. The molecule has 2 aromatic rings. The molecule has 0 bridgehead atoms. The van der Waals surface area contributed by atoms with Crippen LogP contribution in [0.4, 0.5) is 5.69 Å². The molecular weight excluding hydrogens is 501 g/mol. The van der Waals surface area contributed by atoms with Gasteiger partial charge in [-0.05, 0) is 49.7 Å². The minimum Gasteiger partial charge on any atom is -0.494 e. The predicted octanol–water partition coefficient (Wildman–Crippen LogP) is 3.71. The third-order valence-corrected chi connectivity index (χ3v) is 6.99. The molecule has 1 atom stereocenters. The molecule has 0 unspecified atom stereocenters. The zero-order chi connectivity index (χ0) is 25.5. The number of ether oxygens (including phenoxy) is 1. The Morgan fingerprint density at radius 1 is 1.06 bits per heavy atom. The van der Waals surface area contributed by atoms with Gasteiger partial charge >= 0.3 is 0 Å². The van der Waals surface area contributed by atoms with Crippen molar-refractivity contribution in [3.05, 3.63) is 58.1 Å². The summed E-state index contributed by atoms with van der Waals surface area (Å²) in [5.41, 5.74) is 0.761. The van der Waals surface area contributed by atoms with Gasteiger partial charge in [-0.25, -0.2) is 8.42 Å². The average Bonchev–Trinajstić information content (AvgIpc) is 2.79. The van der Waals surface area contributed by atoms with Crippen LogP contribution in [0.25, 0.3) is 0 Å². The zero-order valence-electron chi connectivity index (χ0n) is 19.5. The van der Waals surface area contributed by atoms with Gasteiger partial charge in [-0.1, -0.05) is 36.2 Å². The lowest BCUT2D eigenvalue weighted by Crippen LogP contribution is -2.51. The number of rotatable bonds is 11. The molecule has 1 N–H and O–H groups in total. The van der Waals surface area contributed by atoms with Crippen LogP contribution in [0.3, 0.4) is 0 Å². The Labute approximate surface area is 210 Å². The van der Waals surface area contributed by atoms with Crippen LogP contribution in [-0.2, 0) is 26.2 Å².